The molecule has 2 N–H and O–H groups in total. The molecule has 0 fully saturated rings. The summed E-state index contributed by atoms with van der Waals surface area (Å²) in [5, 5.41) is 12.1. The molecule has 0 saturated carbocycles. The highest BCUT2D eigenvalue weighted by Crippen LogP contribution is 2.24. The fraction of sp³-hybridized carbons (Fsp3) is 0.538. The first-order chi connectivity index (χ1) is 7.67. The third-order valence-corrected chi connectivity index (χ3v) is 3.99. The van der Waals surface area contributed by atoms with Gasteiger partial charge in [-0.2, -0.15) is 0 Å². The Morgan fingerprint density at radius 1 is 1.38 bits per heavy atom. The van der Waals surface area contributed by atoms with Crippen LogP contribution in [-0.4, -0.2) is 30.6 Å². The minimum absolute atomic E-state index is 0.249. The van der Waals surface area contributed by atoms with Gasteiger partial charge in [-0.05, 0) is 38.9 Å². The largest absolute Gasteiger partial charge is 0.396 e. The van der Waals surface area contributed by atoms with Gasteiger partial charge < -0.3 is 10.4 Å². The highest BCUT2D eigenvalue weighted by molar-refractivity contribution is 7.99. The molecule has 0 amide bonds. The lowest BCUT2D eigenvalue weighted by Gasteiger charge is -2.15. The van der Waals surface area contributed by atoms with Crippen LogP contribution in [0.3, 0.4) is 0 Å². The summed E-state index contributed by atoms with van der Waals surface area (Å²) in [5.74, 6) is 1.00. The first-order valence-electron chi connectivity index (χ1n) is 5.65. The first-order valence-corrected chi connectivity index (χ1v) is 6.64. The first kappa shape index (κ1) is 13.6. The van der Waals surface area contributed by atoms with Crippen LogP contribution in [0.4, 0.5) is 0 Å². The Balaban J connectivity index is 2.55. The zero-order valence-electron chi connectivity index (χ0n) is 10.3. The zero-order chi connectivity index (χ0) is 12.0. The molecule has 0 aliphatic carbocycles. The predicted molar refractivity (Wildman–Crippen MR) is 71.2 cm³/mol. The Hall–Kier alpha value is -0.510. The molecule has 3 heteroatoms. The molecule has 1 atom stereocenters. The van der Waals surface area contributed by atoms with E-state index in [-0.39, 0.29) is 6.61 Å². The fourth-order valence-electron chi connectivity index (χ4n) is 1.52. The number of hydrogen-bond acceptors (Lipinski definition) is 3. The topological polar surface area (TPSA) is 32.3 Å². The van der Waals surface area contributed by atoms with Crippen molar-refractivity contribution in [2.45, 2.75) is 31.2 Å². The van der Waals surface area contributed by atoms with E-state index < -0.39 is 0 Å². The van der Waals surface area contributed by atoms with E-state index in [2.05, 4.69) is 37.4 Å². The smallest absolute Gasteiger partial charge is 0.0446 e. The molecule has 1 unspecified atom stereocenters. The van der Waals surface area contributed by atoms with E-state index in [0.717, 1.165) is 12.2 Å². The quantitative estimate of drug-likeness (QED) is 0.748. The molecule has 1 aromatic rings. The van der Waals surface area contributed by atoms with Crippen LogP contribution in [0, 0.1) is 13.8 Å². The lowest BCUT2D eigenvalue weighted by atomic mass is 10.2. The molecule has 0 spiro atoms. The van der Waals surface area contributed by atoms with Crippen molar-refractivity contribution in [3.05, 3.63) is 29.3 Å². The van der Waals surface area contributed by atoms with Crippen LogP contribution < -0.4 is 5.32 Å². The Labute approximate surface area is 102 Å². The molecule has 0 saturated heterocycles. The standard InChI is InChI=1S/C13H21NOS/c1-10-4-5-11(2)13(8-10)16-9-12(14-3)6-7-15/h4-5,8,12,14-15H,6-7,9H2,1-3H3. The van der Waals surface area contributed by atoms with Gasteiger partial charge in [0, 0.05) is 23.3 Å². The number of hydrogen-bond donors (Lipinski definition) is 2. The van der Waals surface area contributed by atoms with Crippen molar-refractivity contribution in [2.24, 2.45) is 0 Å². The minimum atomic E-state index is 0.249. The molecule has 2 nitrogen and oxygen atoms in total. The molecular formula is C13H21NOS. The Morgan fingerprint density at radius 3 is 2.75 bits per heavy atom. The molecule has 1 rings (SSSR count). The third-order valence-electron chi connectivity index (χ3n) is 2.67. The molecular weight excluding hydrogens is 218 g/mol. The lowest BCUT2D eigenvalue weighted by molar-refractivity contribution is 0.273. The van der Waals surface area contributed by atoms with Gasteiger partial charge in [-0.3, -0.25) is 0 Å². The van der Waals surface area contributed by atoms with Gasteiger partial charge >= 0.3 is 0 Å². The van der Waals surface area contributed by atoms with Crippen LogP contribution in [0.15, 0.2) is 23.1 Å². The summed E-state index contributed by atoms with van der Waals surface area (Å²) in [6, 6.07) is 6.92. The third kappa shape index (κ3) is 4.16. The average Bonchev–Trinajstić information content (AvgIpc) is 2.28. The maximum absolute atomic E-state index is 8.91. The van der Waals surface area contributed by atoms with E-state index in [9.17, 15) is 0 Å². The number of aliphatic hydroxyl groups is 1. The van der Waals surface area contributed by atoms with Gasteiger partial charge in [0.25, 0.3) is 0 Å². The average molecular weight is 239 g/mol. The molecule has 0 aromatic heterocycles. The van der Waals surface area contributed by atoms with Gasteiger partial charge in [0.05, 0.1) is 0 Å². The Kier molecular flexibility index (Phi) is 5.88. The second kappa shape index (κ2) is 6.94. The molecule has 1 aromatic carbocycles. The maximum atomic E-state index is 8.91. The normalized spacial score (nSPS) is 12.8. The van der Waals surface area contributed by atoms with E-state index in [1.54, 1.807) is 0 Å². The molecule has 0 bridgehead atoms. The summed E-state index contributed by atoms with van der Waals surface area (Å²) in [4.78, 5) is 1.35. The summed E-state index contributed by atoms with van der Waals surface area (Å²) in [6.45, 7) is 4.51. The van der Waals surface area contributed by atoms with Gasteiger partial charge in [-0.15, -0.1) is 11.8 Å². The maximum Gasteiger partial charge on any atom is 0.0446 e. The van der Waals surface area contributed by atoms with E-state index in [1.807, 2.05) is 18.8 Å². The summed E-state index contributed by atoms with van der Waals surface area (Å²) < 4.78 is 0. The number of aryl methyl sites for hydroxylation is 2. The van der Waals surface area contributed by atoms with Crippen molar-refractivity contribution in [1.29, 1.82) is 0 Å². The molecule has 16 heavy (non-hydrogen) atoms. The summed E-state index contributed by atoms with van der Waals surface area (Å²) in [7, 11) is 1.95. The fourth-order valence-corrected chi connectivity index (χ4v) is 2.80. The monoisotopic (exact) mass is 239 g/mol. The van der Waals surface area contributed by atoms with Crippen LogP contribution >= 0.6 is 11.8 Å². The molecule has 0 aliphatic heterocycles. The van der Waals surface area contributed by atoms with Gasteiger partial charge in [-0.1, -0.05) is 17.7 Å². The Bertz CT molecular complexity index is 328. The zero-order valence-corrected chi connectivity index (χ0v) is 11.1. The Morgan fingerprint density at radius 2 is 2.12 bits per heavy atom. The molecule has 0 heterocycles. The van der Waals surface area contributed by atoms with Crippen molar-refractivity contribution >= 4 is 11.8 Å². The van der Waals surface area contributed by atoms with E-state index in [1.165, 1.54) is 16.0 Å². The highest BCUT2D eigenvalue weighted by atomic mass is 32.2. The van der Waals surface area contributed by atoms with Crippen LogP contribution in [0.25, 0.3) is 0 Å². The van der Waals surface area contributed by atoms with Gasteiger partial charge in [0.15, 0.2) is 0 Å². The van der Waals surface area contributed by atoms with Gasteiger partial charge in [0.2, 0.25) is 0 Å². The molecule has 0 aliphatic rings. The minimum Gasteiger partial charge on any atom is -0.396 e. The molecule has 0 radical (unpaired) electrons. The van der Waals surface area contributed by atoms with Gasteiger partial charge in [-0.25, -0.2) is 0 Å². The van der Waals surface area contributed by atoms with Crippen LogP contribution in [0.2, 0.25) is 0 Å². The van der Waals surface area contributed by atoms with E-state index in [4.69, 9.17) is 5.11 Å². The van der Waals surface area contributed by atoms with E-state index >= 15 is 0 Å². The second-order valence-corrected chi connectivity index (χ2v) is 5.14. The summed E-state index contributed by atoms with van der Waals surface area (Å²) in [6.07, 6.45) is 0.814. The highest BCUT2D eigenvalue weighted by Gasteiger charge is 2.07. The van der Waals surface area contributed by atoms with Gasteiger partial charge in [0.1, 0.15) is 0 Å². The summed E-state index contributed by atoms with van der Waals surface area (Å²) in [5.41, 5.74) is 2.63. The van der Waals surface area contributed by atoms with Crippen molar-refractivity contribution in [3.8, 4) is 0 Å². The van der Waals surface area contributed by atoms with Crippen molar-refractivity contribution in [2.75, 3.05) is 19.4 Å². The van der Waals surface area contributed by atoms with Crippen LogP contribution in [-0.2, 0) is 0 Å². The number of nitrogens with one attached hydrogen (secondary N) is 1. The number of benzene rings is 1. The van der Waals surface area contributed by atoms with Crippen LogP contribution in [0.5, 0.6) is 0 Å². The van der Waals surface area contributed by atoms with Crippen LogP contribution in [0.1, 0.15) is 17.5 Å². The van der Waals surface area contributed by atoms with E-state index in [0.29, 0.717) is 6.04 Å². The SMILES string of the molecule is CNC(CCO)CSc1cc(C)ccc1C. The predicted octanol–water partition coefficient (Wildman–Crippen LogP) is 2.37. The lowest BCUT2D eigenvalue weighted by Crippen LogP contribution is -2.28. The number of thioether (sulfide) groups is 1. The van der Waals surface area contributed by atoms with Crippen molar-refractivity contribution in [3.63, 3.8) is 0 Å². The summed E-state index contributed by atoms with van der Waals surface area (Å²) >= 11 is 1.86. The number of aliphatic hydroxyl groups excluding tert-OH is 1. The second-order valence-electron chi connectivity index (χ2n) is 4.08. The van der Waals surface area contributed by atoms with Crippen molar-refractivity contribution in [1.82, 2.24) is 5.32 Å². The number of rotatable bonds is 6. The van der Waals surface area contributed by atoms with Crippen molar-refractivity contribution < 1.29 is 5.11 Å². The molecule has 90 valence electrons.